The van der Waals surface area contributed by atoms with E-state index >= 15 is 0 Å². The summed E-state index contributed by atoms with van der Waals surface area (Å²) in [6, 6.07) is 0. The van der Waals surface area contributed by atoms with Crippen molar-refractivity contribution in [2.45, 2.75) is 13.8 Å². The molecule has 0 aromatic heterocycles. The molecule has 0 atom stereocenters. The first-order valence-corrected chi connectivity index (χ1v) is 3.76. The van der Waals surface area contributed by atoms with E-state index in [4.69, 9.17) is 15.3 Å². The molecule has 0 aliphatic carbocycles. The van der Waals surface area contributed by atoms with Crippen molar-refractivity contribution in [3.8, 4) is 0 Å². The highest BCUT2D eigenvalue weighted by Gasteiger charge is 1.89. The molecule has 9 heteroatoms. The minimum Gasteiger partial charge on any atom is -0.328 e. The van der Waals surface area contributed by atoms with Crippen molar-refractivity contribution in [3.63, 3.8) is 0 Å². The lowest BCUT2D eigenvalue weighted by Crippen LogP contribution is -2.16. The Morgan fingerprint density at radius 2 is 1.71 bits per heavy atom. The SMILES string of the molecule is CC.CNCCO[N+](=O)[O-].O=[N+]([O-])O. The molecule has 0 radical (unpaired) electrons. The van der Waals surface area contributed by atoms with Crippen LogP contribution in [0.3, 0.4) is 0 Å². The highest BCUT2D eigenvalue weighted by molar-refractivity contribution is 4.29. The van der Waals surface area contributed by atoms with Crippen LogP contribution in [0, 0.1) is 20.2 Å². The highest BCUT2D eigenvalue weighted by Crippen LogP contribution is 1.69. The van der Waals surface area contributed by atoms with Crippen LogP contribution < -0.4 is 5.32 Å². The van der Waals surface area contributed by atoms with Gasteiger partial charge < -0.3 is 15.4 Å². The maximum atomic E-state index is 9.43. The van der Waals surface area contributed by atoms with Gasteiger partial charge in [0.2, 0.25) is 0 Å². The molecule has 0 unspecified atom stereocenters. The first kappa shape index (κ1) is 18.2. The molecule has 0 heterocycles. The van der Waals surface area contributed by atoms with Gasteiger partial charge in [0, 0.05) is 6.54 Å². The van der Waals surface area contributed by atoms with Crippen LogP contribution >= 0.6 is 0 Å². The maximum absolute atomic E-state index is 9.43. The zero-order valence-corrected chi connectivity index (χ0v) is 8.30. The van der Waals surface area contributed by atoms with E-state index in [-0.39, 0.29) is 6.61 Å². The van der Waals surface area contributed by atoms with Crippen molar-refractivity contribution in [3.05, 3.63) is 20.2 Å². The number of nitrogens with one attached hydrogen (secondary N) is 1. The van der Waals surface area contributed by atoms with Crippen LogP contribution in [-0.2, 0) is 4.84 Å². The monoisotopic (exact) mass is 213 g/mol. The Balaban J connectivity index is -0.000000170. The van der Waals surface area contributed by atoms with E-state index in [1.807, 2.05) is 13.8 Å². The van der Waals surface area contributed by atoms with Gasteiger partial charge in [-0.2, -0.15) is 0 Å². The summed E-state index contributed by atoms with van der Waals surface area (Å²) >= 11 is 0. The van der Waals surface area contributed by atoms with E-state index in [9.17, 15) is 10.1 Å². The summed E-state index contributed by atoms with van der Waals surface area (Å²) in [5.74, 6) is 0. The minimum absolute atomic E-state index is 0.115. The predicted molar refractivity (Wildman–Crippen MR) is 47.0 cm³/mol. The number of rotatable bonds is 4. The summed E-state index contributed by atoms with van der Waals surface area (Å²) in [5.41, 5.74) is 0. The Bertz CT molecular complexity index is 137. The molecular weight excluding hydrogens is 198 g/mol. The fourth-order valence-electron chi connectivity index (χ4n) is 0.222. The smallest absolute Gasteiger partial charge is 0.294 e. The number of hydrogen-bond donors (Lipinski definition) is 2. The Morgan fingerprint density at radius 1 is 1.36 bits per heavy atom. The van der Waals surface area contributed by atoms with Crippen LogP contribution in [0.25, 0.3) is 0 Å². The van der Waals surface area contributed by atoms with Gasteiger partial charge in [-0.15, -0.1) is 20.2 Å². The number of hydrogen-bond acceptors (Lipinski definition) is 6. The number of likely N-dealkylation sites (N-methyl/N-ethyl adjacent to an activating group) is 1. The Labute approximate surface area is 80.9 Å². The fraction of sp³-hybridized carbons (Fsp3) is 1.00. The van der Waals surface area contributed by atoms with Crippen molar-refractivity contribution in [1.29, 1.82) is 0 Å². The van der Waals surface area contributed by atoms with Crippen LogP contribution in [0.5, 0.6) is 0 Å². The van der Waals surface area contributed by atoms with Gasteiger partial charge in [0.25, 0.3) is 10.2 Å². The fourth-order valence-corrected chi connectivity index (χ4v) is 0.222. The lowest BCUT2D eigenvalue weighted by atomic mass is 10.7. The highest BCUT2D eigenvalue weighted by atomic mass is 16.9. The summed E-state index contributed by atoms with van der Waals surface area (Å²) in [6.07, 6.45) is 0. The van der Waals surface area contributed by atoms with E-state index in [1.165, 1.54) is 0 Å². The van der Waals surface area contributed by atoms with E-state index in [1.54, 1.807) is 7.05 Å². The molecule has 0 aliphatic heterocycles. The van der Waals surface area contributed by atoms with Crippen LogP contribution in [-0.4, -0.2) is 35.6 Å². The van der Waals surface area contributed by atoms with E-state index in [2.05, 4.69) is 10.2 Å². The Kier molecular flexibility index (Phi) is 22.7. The van der Waals surface area contributed by atoms with Crippen LogP contribution in [0.2, 0.25) is 0 Å². The molecule has 9 nitrogen and oxygen atoms in total. The van der Waals surface area contributed by atoms with E-state index in [0.29, 0.717) is 6.54 Å². The zero-order valence-electron chi connectivity index (χ0n) is 8.30. The molecule has 14 heavy (non-hydrogen) atoms. The molecule has 0 aromatic carbocycles. The molecule has 0 saturated carbocycles. The third-order valence-corrected chi connectivity index (χ3v) is 0.549. The van der Waals surface area contributed by atoms with Crippen molar-refractivity contribution >= 4 is 0 Å². The summed E-state index contributed by atoms with van der Waals surface area (Å²) in [5, 5.41) is 25.0. The second-order valence-electron chi connectivity index (χ2n) is 1.40. The van der Waals surface area contributed by atoms with Crippen molar-refractivity contribution in [2.75, 3.05) is 20.2 Å². The molecule has 0 saturated heterocycles. The van der Waals surface area contributed by atoms with Crippen molar-refractivity contribution < 1.29 is 20.2 Å². The van der Waals surface area contributed by atoms with Gasteiger partial charge in [-0.3, -0.25) is 0 Å². The van der Waals surface area contributed by atoms with E-state index in [0.717, 1.165) is 0 Å². The average molecular weight is 213 g/mol. The summed E-state index contributed by atoms with van der Waals surface area (Å²) in [7, 11) is 1.70. The van der Waals surface area contributed by atoms with Crippen molar-refractivity contribution in [1.82, 2.24) is 5.32 Å². The molecule has 0 fully saturated rings. The molecule has 0 amide bonds. The van der Waals surface area contributed by atoms with Gasteiger partial charge in [0.15, 0.2) is 0 Å². The molecule has 0 rings (SSSR count). The molecule has 86 valence electrons. The van der Waals surface area contributed by atoms with Crippen LogP contribution in [0.15, 0.2) is 0 Å². The molecular formula is C5H15N3O6. The largest absolute Gasteiger partial charge is 0.328 e. The zero-order chi connectivity index (χ0) is 12.0. The lowest BCUT2D eigenvalue weighted by Gasteiger charge is -1.94. The first-order chi connectivity index (χ1) is 6.50. The first-order valence-electron chi connectivity index (χ1n) is 3.76. The predicted octanol–water partition coefficient (Wildman–Crippen LogP) is 0.0926. The standard InChI is InChI=1S/C3H8N2O3.C2H6.HNO3/c1-4-2-3-8-5(6)7;1-2;2-1(3)4/h4H,2-3H2,1H3;1-2H3;(H,2,3,4). The topological polar surface area (TPSA) is 128 Å². The second kappa shape index (κ2) is 17.4. The second-order valence-corrected chi connectivity index (χ2v) is 1.40. The van der Waals surface area contributed by atoms with Gasteiger partial charge in [-0.1, -0.05) is 13.8 Å². The van der Waals surface area contributed by atoms with Gasteiger partial charge in [0.1, 0.15) is 6.61 Å². The summed E-state index contributed by atoms with van der Waals surface area (Å²) in [4.78, 5) is 21.7. The third kappa shape index (κ3) is 80.4. The average Bonchev–Trinajstić information content (AvgIpc) is 2.07. The minimum atomic E-state index is -1.50. The van der Waals surface area contributed by atoms with Gasteiger partial charge in [-0.25, -0.2) is 0 Å². The summed E-state index contributed by atoms with van der Waals surface area (Å²) < 4.78 is 0. The summed E-state index contributed by atoms with van der Waals surface area (Å²) in [6.45, 7) is 4.62. The van der Waals surface area contributed by atoms with Gasteiger partial charge in [0.05, 0.1) is 0 Å². The normalized spacial score (nSPS) is 7.07. The maximum Gasteiger partial charge on any atom is 0.294 e. The van der Waals surface area contributed by atoms with Crippen molar-refractivity contribution in [2.24, 2.45) is 0 Å². The van der Waals surface area contributed by atoms with Crippen LogP contribution in [0.4, 0.5) is 0 Å². The van der Waals surface area contributed by atoms with Gasteiger partial charge >= 0.3 is 0 Å². The Morgan fingerprint density at radius 3 is 1.93 bits per heavy atom. The number of nitrogens with zero attached hydrogens (tertiary/aromatic N) is 2. The molecule has 0 aromatic rings. The molecule has 0 spiro atoms. The molecule has 0 bridgehead atoms. The molecule has 2 N–H and O–H groups in total. The quantitative estimate of drug-likeness (QED) is 0.384. The van der Waals surface area contributed by atoms with Crippen LogP contribution in [0.1, 0.15) is 13.8 Å². The Hall–Kier alpha value is -1.64. The third-order valence-electron chi connectivity index (χ3n) is 0.549. The van der Waals surface area contributed by atoms with Gasteiger partial charge in [-0.05, 0) is 7.05 Å². The van der Waals surface area contributed by atoms with E-state index < -0.39 is 10.2 Å². The lowest BCUT2D eigenvalue weighted by molar-refractivity contribution is -0.757. The molecule has 0 aliphatic rings.